The molecule has 0 heterocycles. The van der Waals surface area contributed by atoms with Crippen molar-refractivity contribution in [2.45, 2.75) is 6.92 Å². The molecule has 0 aliphatic carbocycles. The lowest BCUT2D eigenvalue weighted by molar-refractivity contribution is 0.297. The summed E-state index contributed by atoms with van der Waals surface area (Å²) in [5.74, 6) is 0.221. The second-order valence-corrected chi connectivity index (χ2v) is 1.46. The fourth-order valence-corrected chi connectivity index (χ4v) is 0.284. The van der Waals surface area contributed by atoms with Crippen molar-refractivity contribution in [3.63, 3.8) is 0 Å². The molecular weight excluding hydrogens is 106 g/mol. The first kappa shape index (κ1) is 7.30. The molecule has 0 saturated carbocycles. The maximum atomic E-state index is 8.50. The molecule has 0 aliphatic rings. The number of hydrogen-bond donors (Lipinski definition) is 3. The first-order valence-electron chi connectivity index (χ1n) is 2.47. The molecule has 0 unspecified atom stereocenters. The van der Waals surface area contributed by atoms with Gasteiger partial charge in [-0.25, -0.2) is 0 Å². The van der Waals surface area contributed by atoms with Crippen molar-refractivity contribution in [2.24, 2.45) is 0 Å². The molecule has 8 heavy (non-hydrogen) atoms. The minimum absolute atomic E-state index is 0.0871. The smallest absolute Gasteiger partial charge is 0.105 e. The van der Waals surface area contributed by atoms with Crippen LogP contribution < -0.4 is 5.32 Å². The molecular formula is C5H11NO2. The van der Waals surface area contributed by atoms with Crippen LogP contribution in [0.2, 0.25) is 0 Å². The molecule has 3 heteroatoms. The largest absolute Gasteiger partial charge is 0.511 e. The average Bonchev–Trinajstić information content (AvgIpc) is 1.66. The van der Waals surface area contributed by atoms with Gasteiger partial charge in [0, 0.05) is 12.7 Å². The van der Waals surface area contributed by atoms with Crippen molar-refractivity contribution in [2.75, 3.05) is 13.2 Å². The molecule has 0 saturated heterocycles. The van der Waals surface area contributed by atoms with Crippen LogP contribution in [0.25, 0.3) is 0 Å². The molecule has 0 radical (unpaired) electrons. The third kappa shape index (κ3) is 5.30. The van der Waals surface area contributed by atoms with Crippen LogP contribution in [-0.2, 0) is 0 Å². The van der Waals surface area contributed by atoms with Crippen molar-refractivity contribution in [3.05, 3.63) is 12.0 Å². The molecule has 0 bridgehead atoms. The summed E-state index contributed by atoms with van der Waals surface area (Å²) in [6, 6.07) is 0. The molecule has 0 spiro atoms. The minimum Gasteiger partial charge on any atom is -0.511 e. The number of allylic oxidation sites excluding steroid dienone is 1. The predicted molar refractivity (Wildman–Crippen MR) is 31.5 cm³/mol. The van der Waals surface area contributed by atoms with Gasteiger partial charge in [0.15, 0.2) is 0 Å². The van der Waals surface area contributed by atoms with Crippen LogP contribution >= 0.6 is 0 Å². The van der Waals surface area contributed by atoms with Gasteiger partial charge in [0.05, 0.1) is 6.61 Å². The monoisotopic (exact) mass is 117 g/mol. The van der Waals surface area contributed by atoms with E-state index in [1.807, 2.05) is 0 Å². The number of hydrogen-bond acceptors (Lipinski definition) is 3. The van der Waals surface area contributed by atoms with Crippen molar-refractivity contribution in [1.29, 1.82) is 0 Å². The van der Waals surface area contributed by atoms with Gasteiger partial charge in [0.25, 0.3) is 0 Å². The Labute approximate surface area is 48.6 Å². The summed E-state index contributed by atoms with van der Waals surface area (Å²) in [7, 11) is 0. The SMILES string of the molecule is C/C(O)=C/NCCO. The molecule has 0 aliphatic heterocycles. The third-order valence-corrected chi connectivity index (χ3v) is 0.567. The molecule has 0 rings (SSSR count). The van der Waals surface area contributed by atoms with E-state index in [4.69, 9.17) is 10.2 Å². The van der Waals surface area contributed by atoms with Crippen LogP contribution in [0.15, 0.2) is 12.0 Å². The van der Waals surface area contributed by atoms with E-state index in [2.05, 4.69) is 5.32 Å². The Morgan fingerprint density at radius 3 is 2.75 bits per heavy atom. The zero-order valence-electron chi connectivity index (χ0n) is 4.89. The number of aliphatic hydroxyl groups excluding tert-OH is 2. The summed E-state index contributed by atoms with van der Waals surface area (Å²) < 4.78 is 0. The summed E-state index contributed by atoms with van der Waals surface area (Å²) >= 11 is 0. The Morgan fingerprint density at radius 1 is 1.75 bits per heavy atom. The van der Waals surface area contributed by atoms with Crippen LogP contribution in [0.4, 0.5) is 0 Å². The Balaban J connectivity index is 3.03. The Kier molecular flexibility index (Phi) is 4.07. The molecule has 0 amide bonds. The topological polar surface area (TPSA) is 52.5 Å². The van der Waals surface area contributed by atoms with Gasteiger partial charge in [-0.2, -0.15) is 0 Å². The summed E-state index contributed by atoms with van der Waals surface area (Å²) in [5, 5.41) is 19.4. The fourth-order valence-electron chi connectivity index (χ4n) is 0.284. The first-order valence-corrected chi connectivity index (χ1v) is 2.47. The van der Waals surface area contributed by atoms with Crippen molar-refractivity contribution < 1.29 is 10.2 Å². The van der Waals surface area contributed by atoms with Gasteiger partial charge >= 0.3 is 0 Å². The van der Waals surface area contributed by atoms with Gasteiger partial charge in [0.2, 0.25) is 0 Å². The molecule has 48 valence electrons. The molecule has 0 fully saturated rings. The van der Waals surface area contributed by atoms with E-state index in [0.29, 0.717) is 6.54 Å². The summed E-state index contributed by atoms with van der Waals surface area (Å²) in [4.78, 5) is 0. The van der Waals surface area contributed by atoms with Crippen molar-refractivity contribution in [1.82, 2.24) is 5.32 Å². The Bertz CT molecular complexity index is 76.5. The van der Waals surface area contributed by atoms with E-state index in [0.717, 1.165) is 0 Å². The van der Waals surface area contributed by atoms with Gasteiger partial charge in [-0.1, -0.05) is 0 Å². The van der Waals surface area contributed by atoms with E-state index in [1.165, 1.54) is 6.20 Å². The third-order valence-electron chi connectivity index (χ3n) is 0.567. The lowest BCUT2D eigenvalue weighted by atomic mass is 10.6. The van der Waals surface area contributed by atoms with Crippen LogP contribution in [0.5, 0.6) is 0 Å². The van der Waals surface area contributed by atoms with Crippen LogP contribution in [0, 0.1) is 0 Å². The van der Waals surface area contributed by atoms with Gasteiger partial charge < -0.3 is 15.5 Å². The normalized spacial score (nSPS) is 11.5. The summed E-state index contributed by atoms with van der Waals surface area (Å²) in [5.41, 5.74) is 0. The number of aliphatic hydroxyl groups is 2. The summed E-state index contributed by atoms with van der Waals surface area (Å²) in [6.07, 6.45) is 1.44. The Hall–Kier alpha value is -0.700. The fraction of sp³-hybridized carbons (Fsp3) is 0.600. The quantitative estimate of drug-likeness (QED) is 0.360. The van der Waals surface area contributed by atoms with Crippen molar-refractivity contribution in [3.8, 4) is 0 Å². The second kappa shape index (κ2) is 4.46. The molecule has 0 aromatic heterocycles. The van der Waals surface area contributed by atoms with Crippen molar-refractivity contribution >= 4 is 0 Å². The predicted octanol–water partition coefficient (Wildman–Crippen LogP) is -0.0124. The highest BCUT2D eigenvalue weighted by Gasteiger charge is 1.76. The highest BCUT2D eigenvalue weighted by Crippen LogP contribution is 1.76. The zero-order valence-corrected chi connectivity index (χ0v) is 4.89. The molecule has 0 aromatic carbocycles. The molecule has 0 atom stereocenters. The highest BCUT2D eigenvalue weighted by atomic mass is 16.3. The maximum Gasteiger partial charge on any atom is 0.105 e. The second-order valence-electron chi connectivity index (χ2n) is 1.46. The van der Waals surface area contributed by atoms with Crippen LogP contribution in [0.3, 0.4) is 0 Å². The van der Waals surface area contributed by atoms with E-state index >= 15 is 0 Å². The zero-order chi connectivity index (χ0) is 6.41. The molecule has 0 aromatic rings. The van der Waals surface area contributed by atoms with E-state index < -0.39 is 0 Å². The van der Waals surface area contributed by atoms with Gasteiger partial charge in [0.1, 0.15) is 5.76 Å². The van der Waals surface area contributed by atoms with E-state index in [-0.39, 0.29) is 12.4 Å². The highest BCUT2D eigenvalue weighted by molar-refractivity contribution is 4.82. The lowest BCUT2D eigenvalue weighted by Crippen LogP contribution is -2.10. The van der Waals surface area contributed by atoms with Crippen LogP contribution in [-0.4, -0.2) is 23.4 Å². The first-order chi connectivity index (χ1) is 3.77. The lowest BCUT2D eigenvalue weighted by Gasteiger charge is -1.93. The standard InChI is InChI=1S/C5H11NO2/c1-5(8)4-6-2-3-7/h4,6-8H,2-3H2,1H3/b5-4-. The number of nitrogens with one attached hydrogen (secondary N) is 1. The number of rotatable bonds is 3. The molecule has 3 N–H and O–H groups in total. The van der Waals surface area contributed by atoms with Crippen LogP contribution in [0.1, 0.15) is 6.92 Å². The molecule has 3 nitrogen and oxygen atoms in total. The van der Waals surface area contributed by atoms with E-state index in [1.54, 1.807) is 6.92 Å². The van der Waals surface area contributed by atoms with Gasteiger partial charge in [-0.15, -0.1) is 0 Å². The van der Waals surface area contributed by atoms with Gasteiger partial charge in [-0.05, 0) is 6.92 Å². The average molecular weight is 117 g/mol. The van der Waals surface area contributed by atoms with Gasteiger partial charge in [-0.3, -0.25) is 0 Å². The Morgan fingerprint density at radius 2 is 2.38 bits per heavy atom. The summed E-state index contributed by atoms with van der Waals surface area (Å²) in [6.45, 7) is 2.13. The minimum atomic E-state index is 0.0871. The maximum absolute atomic E-state index is 8.50. The van der Waals surface area contributed by atoms with E-state index in [9.17, 15) is 0 Å².